The van der Waals surface area contributed by atoms with Crippen molar-refractivity contribution in [3.63, 3.8) is 0 Å². The molecular formula is C15H21N3O2. The van der Waals surface area contributed by atoms with Crippen molar-refractivity contribution in [3.05, 3.63) is 30.1 Å². The number of aromatic nitrogens is 1. The minimum atomic E-state index is 0.0840. The number of hydrogen-bond donors (Lipinski definition) is 0. The molecule has 2 atom stereocenters. The Balaban J connectivity index is 1.76. The molecule has 1 aromatic heterocycles. The van der Waals surface area contributed by atoms with E-state index in [0.29, 0.717) is 12.6 Å². The number of morpholine rings is 1. The Kier molecular flexibility index (Phi) is 3.72. The van der Waals surface area contributed by atoms with Crippen LogP contribution in [0.25, 0.3) is 0 Å². The molecule has 2 aliphatic heterocycles. The Morgan fingerprint density at radius 1 is 1.45 bits per heavy atom. The second-order valence-corrected chi connectivity index (χ2v) is 5.85. The number of nitrogens with zero attached hydrogens (tertiary/aromatic N) is 3. The predicted octanol–water partition coefficient (Wildman–Crippen LogP) is 0.902. The Bertz CT molecular complexity index is 477. The van der Waals surface area contributed by atoms with E-state index in [1.54, 1.807) is 6.20 Å². The van der Waals surface area contributed by atoms with Crippen LogP contribution in [0.4, 0.5) is 0 Å². The van der Waals surface area contributed by atoms with E-state index in [9.17, 15) is 4.79 Å². The number of likely N-dealkylation sites (tertiary alicyclic amines) is 1. The largest absolute Gasteiger partial charge is 0.365 e. The van der Waals surface area contributed by atoms with Gasteiger partial charge in [-0.25, -0.2) is 0 Å². The first-order valence-electron chi connectivity index (χ1n) is 7.19. The summed E-state index contributed by atoms with van der Waals surface area (Å²) in [6, 6.07) is 4.57. The topological polar surface area (TPSA) is 45.7 Å². The molecule has 2 fully saturated rings. The van der Waals surface area contributed by atoms with Crippen molar-refractivity contribution in [1.29, 1.82) is 0 Å². The molecule has 1 amide bonds. The smallest absolute Gasteiger partial charge is 0.249 e. The summed E-state index contributed by atoms with van der Waals surface area (Å²) in [5.41, 5.74) is 1.07. The minimum absolute atomic E-state index is 0.0840. The number of hydrogen-bond acceptors (Lipinski definition) is 4. The average Bonchev–Trinajstić information content (AvgIpc) is 2.88. The number of rotatable bonds is 3. The lowest BCUT2D eigenvalue weighted by atomic mass is 10.1. The average molecular weight is 275 g/mol. The van der Waals surface area contributed by atoms with E-state index in [1.807, 2.05) is 23.2 Å². The van der Waals surface area contributed by atoms with Crippen LogP contribution in [0.2, 0.25) is 0 Å². The Morgan fingerprint density at radius 3 is 3.00 bits per heavy atom. The number of pyridine rings is 1. The van der Waals surface area contributed by atoms with Gasteiger partial charge in [0, 0.05) is 38.1 Å². The fourth-order valence-corrected chi connectivity index (χ4v) is 3.01. The molecule has 0 bridgehead atoms. The molecule has 0 saturated carbocycles. The molecule has 3 heterocycles. The lowest BCUT2D eigenvalue weighted by Crippen LogP contribution is -2.53. The highest BCUT2D eigenvalue weighted by atomic mass is 16.5. The van der Waals surface area contributed by atoms with Crippen molar-refractivity contribution < 1.29 is 9.53 Å². The first-order chi connectivity index (χ1) is 9.65. The summed E-state index contributed by atoms with van der Waals surface area (Å²) >= 11 is 0. The Labute approximate surface area is 119 Å². The second kappa shape index (κ2) is 5.50. The number of amides is 1. The quantitative estimate of drug-likeness (QED) is 0.822. The lowest BCUT2D eigenvalue weighted by molar-refractivity contribution is -0.153. The van der Waals surface area contributed by atoms with Gasteiger partial charge in [-0.1, -0.05) is 6.07 Å². The van der Waals surface area contributed by atoms with Gasteiger partial charge in [0.1, 0.15) is 6.61 Å². The molecule has 0 N–H and O–H groups in total. The van der Waals surface area contributed by atoms with Crippen molar-refractivity contribution in [2.24, 2.45) is 0 Å². The standard InChI is InChI=1S/C15H21N3O2/c1-11(2)17-8-13-14(9-17)20-10-15(19)18(13)7-12-4-3-5-16-6-12/h3-6,11,13-14H,7-10H2,1-2H3/t13-,14+/m1/s1. The Hall–Kier alpha value is -1.46. The van der Waals surface area contributed by atoms with Crippen molar-refractivity contribution >= 4 is 5.91 Å². The summed E-state index contributed by atoms with van der Waals surface area (Å²) in [6.45, 7) is 7.01. The minimum Gasteiger partial charge on any atom is -0.365 e. The van der Waals surface area contributed by atoms with Gasteiger partial charge < -0.3 is 9.64 Å². The van der Waals surface area contributed by atoms with Crippen LogP contribution in [0.1, 0.15) is 19.4 Å². The fourth-order valence-electron chi connectivity index (χ4n) is 3.01. The zero-order chi connectivity index (χ0) is 14.1. The number of ether oxygens (including phenoxy) is 1. The van der Waals surface area contributed by atoms with Crippen LogP contribution < -0.4 is 0 Å². The van der Waals surface area contributed by atoms with Gasteiger partial charge in [-0.05, 0) is 25.5 Å². The van der Waals surface area contributed by atoms with E-state index in [1.165, 1.54) is 0 Å². The highest BCUT2D eigenvalue weighted by molar-refractivity contribution is 5.78. The van der Waals surface area contributed by atoms with E-state index in [-0.39, 0.29) is 24.7 Å². The zero-order valence-electron chi connectivity index (χ0n) is 12.0. The maximum atomic E-state index is 12.2. The maximum Gasteiger partial charge on any atom is 0.249 e. The molecule has 0 radical (unpaired) electrons. The van der Waals surface area contributed by atoms with Gasteiger partial charge in [0.2, 0.25) is 5.91 Å². The molecule has 5 nitrogen and oxygen atoms in total. The summed E-state index contributed by atoms with van der Waals surface area (Å²) in [7, 11) is 0. The highest BCUT2D eigenvalue weighted by Gasteiger charge is 2.43. The molecule has 108 valence electrons. The molecule has 2 aliphatic rings. The second-order valence-electron chi connectivity index (χ2n) is 5.85. The summed E-state index contributed by atoms with van der Waals surface area (Å²) in [5.74, 6) is 0.0840. The zero-order valence-corrected chi connectivity index (χ0v) is 12.0. The van der Waals surface area contributed by atoms with E-state index < -0.39 is 0 Å². The van der Waals surface area contributed by atoms with Crippen LogP contribution >= 0.6 is 0 Å². The summed E-state index contributed by atoms with van der Waals surface area (Å²) in [6.07, 6.45) is 3.72. The van der Waals surface area contributed by atoms with E-state index in [0.717, 1.165) is 18.7 Å². The van der Waals surface area contributed by atoms with Crippen LogP contribution in [-0.4, -0.2) is 58.6 Å². The highest BCUT2D eigenvalue weighted by Crippen LogP contribution is 2.26. The third-order valence-corrected chi connectivity index (χ3v) is 4.21. The summed E-state index contributed by atoms with van der Waals surface area (Å²) in [5, 5.41) is 0. The molecular weight excluding hydrogens is 254 g/mol. The third kappa shape index (κ3) is 2.55. The molecule has 5 heteroatoms. The van der Waals surface area contributed by atoms with Crippen molar-refractivity contribution in [2.45, 2.75) is 38.6 Å². The molecule has 0 aromatic carbocycles. The van der Waals surface area contributed by atoms with Gasteiger partial charge in [0.25, 0.3) is 0 Å². The number of carbonyl (C=O) groups is 1. The van der Waals surface area contributed by atoms with Gasteiger partial charge in [-0.15, -0.1) is 0 Å². The molecule has 0 aliphatic carbocycles. The van der Waals surface area contributed by atoms with Gasteiger partial charge >= 0.3 is 0 Å². The maximum absolute atomic E-state index is 12.2. The molecule has 0 spiro atoms. The number of carbonyl (C=O) groups excluding carboxylic acids is 1. The van der Waals surface area contributed by atoms with E-state index in [2.05, 4.69) is 23.7 Å². The van der Waals surface area contributed by atoms with Crippen LogP contribution in [0.15, 0.2) is 24.5 Å². The Morgan fingerprint density at radius 2 is 2.30 bits per heavy atom. The van der Waals surface area contributed by atoms with Gasteiger partial charge in [-0.2, -0.15) is 0 Å². The normalized spacial score (nSPS) is 27.1. The fraction of sp³-hybridized carbons (Fsp3) is 0.600. The van der Waals surface area contributed by atoms with Gasteiger partial charge in [0.05, 0.1) is 12.1 Å². The van der Waals surface area contributed by atoms with Crippen molar-refractivity contribution in [2.75, 3.05) is 19.7 Å². The van der Waals surface area contributed by atoms with Crippen LogP contribution in [-0.2, 0) is 16.1 Å². The van der Waals surface area contributed by atoms with Crippen LogP contribution in [0.5, 0.6) is 0 Å². The lowest BCUT2D eigenvalue weighted by Gasteiger charge is -2.36. The van der Waals surface area contributed by atoms with E-state index >= 15 is 0 Å². The molecule has 20 heavy (non-hydrogen) atoms. The van der Waals surface area contributed by atoms with Crippen LogP contribution in [0, 0.1) is 0 Å². The molecule has 0 unspecified atom stereocenters. The van der Waals surface area contributed by atoms with Gasteiger partial charge in [0.15, 0.2) is 0 Å². The number of fused-ring (bicyclic) bond motifs is 1. The van der Waals surface area contributed by atoms with Gasteiger partial charge in [-0.3, -0.25) is 14.7 Å². The molecule has 3 rings (SSSR count). The first kappa shape index (κ1) is 13.5. The van der Waals surface area contributed by atoms with E-state index in [4.69, 9.17) is 4.74 Å². The molecule has 2 saturated heterocycles. The summed E-state index contributed by atoms with van der Waals surface area (Å²) < 4.78 is 5.71. The van der Waals surface area contributed by atoms with Crippen LogP contribution in [0.3, 0.4) is 0 Å². The first-order valence-corrected chi connectivity index (χ1v) is 7.19. The SMILES string of the molecule is CC(C)N1C[C@@H]2OCC(=O)N(Cc3cccnc3)[C@@H]2C1. The van der Waals surface area contributed by atoms with Crippen molar-refractivity contribution in [3.8, 4) is 0 Å². The molecule has 1 aromatic rings. The summed E-state index contributed by atoms with van der Waals surface area (Å²) in [4.78, 5) is 20.6. The van der Waals surface area contributed by atoms with Crippen molar-refractivity contribution in [1.82, 2.24) is 14.8 Å². The third-order valence-electron chi connectivity index (χ3n) is 4.21. The predicted molar refractivity (Wildman–Crippen MR) is 75.0 cm³/mol. The monoisotopic (exact) mass is 275 g/mol.